The van der Waals surface area contributed by atoms with E-state index in [1.165, 1.54) is 17.8 Å². The molecular weight excluding hydrogens is 380 g/mol. The van der Waals surface area contributed by atoms with Crippen LogP contribution >= 0.6 is 23.4 Å². The molecule has 0 aliphatic heterocycles. The van der Waals surface area contributed by atoms with Gasteiger partial charge in [-0.3, -0.25) is 9.48 Å². The molecule has 0 bridgehead atoms. The maximum absolute atomic E-state index is 14.2. The van der Waals surface area contributed by atoms with Gasteiger partial charge in [0.2, 0.25) is 5.43 Å². The van der Waals surface area contributed by atoms with E-state index < -0.39 is 28.8 Å². The second-order valence-corrected chi connectivity index (χ2v) is 6.80. The molecule has 3 nitrogen and oxygen atoms in total. The number of aryl methyl sites for hydroxylation is 1. The summed E-state index contributed by atoms with van der Waals surface area (Å²) in [6.07, 6.45) is -4.74. The molecule has 0 aliphatic rings. The van der Waals surface area contributed by atoms with Crippen LogP contribution in [0.2, 0.25) is 5.02 Å². The number of rotatable bonds is 4. The highest BCUT2D eigenvalue weighted by Gasteiger charge is 2.34. The summed E-state index contributed by atoms with van der Waals surface area (Å²) in [5.74, 6) is -0.322. The van der Waals surface area contributed by atoms with E-state index in [1.54, 1.807) is 6.92 Å². The SMILES string of the molecule is C=C(C)CSc1cc(-c2nn(C)c(C(F)(F)F)cc2=O)c(F)cc1Cl. The minimum absolute atomic E-state index is 0.135. The lowest BCUT2D eigenvalue weighted by atomic mass is 10.1. The molecule has 25 heavy (non-hydrogen) atoms. The third-order valence-electron chi connectivity index (χ3n) is 3.14. The van der Waals surface area contributed by atoms with Crippen molar-refractivity contribution in [2.24, 2.45) is 7.05 Å². The summed E-state index contributed by atoms with van der Waals surface area (Å²) in [5.41, 5.74) is -2.00. The molecule has 0 N–H and O–H groups in total. The van der Waals surface area contributed by atoms with Crippen LogP contribution in [0.1, 0.15) is 12.6 Å². The number of hydrogen-bond donors (Lipinski definition) is 0. The van der Waals surface area contributed by atoms with Crippen molar-refractivity contribution in [2.75, 3.05) is 5.75 Å². The van der Waals surface area contributed by atoms with E-state index in [0.29, 0.717) is 21.4 Å². The predicted octanol–water partition coefficient (Wildman–Crippen LogP) is 4.93. The van der Waals surface area contributed by atoms with Crippen molar-refractivity contribution in [3.8, 4) is 11.3 Å². The van der Waals surface area contributed by atoms with Crippen LogP contribution in [0, 0.1) is 5.82 Å². The fourth-order valence-electron chi connectivity index (χ4n) is 2.01. The van der Waals surface area contributed by atoms with E-state index in [1.807, 2.05) is 0 Å². The quantitative estimate of drug-likeness (QED) is 0.420. The van der Waals surface area contributed by atoms with Gasteiger partial charge in [-0.05, 0) is 19.1 Å². The van der Waals surface area contributed by atoms with Crippen LogP contribution in [0.5, 0.6) is 0 Å². The molecule has 0 aliphatic carbocycles. The molecule has 0 amide bonds. The maximum atomic E-state index is 14.2. The molecular formula is C16H13ClF4N2OS. The topological polar surface area (TPSA) is 34.9 Å². The van der Waals surface area contributed by atoms with Gasteiger partial charge in [0.25, 0.3) is 0 Å². The van der Waals surface area contributed by atoms with Crippen molar-refractivity contribution in [3.05, 3.63) is 57.1 Å². The molecule has 0 saturated carbocycles. The van der Waals surface area contributed by atoms with E-state index in [2.05, 4.69) is 11.7 Å². The Morgan fingerprint density at radius 3 is 2.56 bits per heavy atom. The Labute approximate surface area is 150 Å². The van der Waals surface area contributed by atoms with Gasteiger partial charge in [0.1, 0.15) is 17.2 Å². The highest BCUT2D eigenvalue weighted by atomic mass is 35.5. The second kappa shape index (κ2) is 7.21. The molecule has 0 radical (unpaired) electrons. The van der Waals surface area contributed by atoms with E-state index in [0.717, 1.165) is 18.7 Å². The minimum atomic E-state index is -4.74. The summed E-state index contributed by atoms with van der Waals surface area (Å²) in [7, 11) is 1.04. The fourth-order valence-corrected chi connectivity index (χ4v) is 3.13. The Bertz CT molecular complexity index is 893. The van der Waals surface area contributed by atoms with E-state index in [-0.39, 0.29) is 10.6 Å². The Balaban J connectivity index is 2.58. The van der Waals surface area contributed by atoms with Gasteiger partial charge in [-0.1, -0.05) is 23.8 Å². The smallest absolute Gasteiger partial charge is 0.287 e. The van der Waals surface area contributed by atoms with Gasteiger partial charge in [0, 0.05) is 29.3 Å². The van der Waals surface area contributed by atoms with Gasteiger partial charge < -0.3 is 0 Å². The van der Waals surface area contributed by atoms with Gasteiger partial charge in [-0.15, -0.1) is 11.8 Å². The first-order valence-electron chi connectivity index (χ1n) is 6.93. The zero-order valence-corrected chi connectivity index (χ0v) is 14.8. The third kappa shape index (κ3) is 4.43. The molecule has 0 unspecified atom stereocenters. The molecule has 0 fully saturated rings. The van der Waals surface area contributed by atoms with Crippen LogP contribution in [0.3, 0.4) is 0 Å². The zero-order valence-electron chi connectivity index (χ0n) is 13.2. The number of nitrogens with zero attached hydrogens (tertiary/aromatic N) is 2. The van der Waals surface area contributed by atoms with Crippen LogP contribution in [0.25, 0.3) is 11.3 Å². The van der Waals surface area contributed by atoms with Crippen molar-refractivity contribution in [3.63, 3.8) is 0 Å². The van der Waals surface area contributed by atoms with Crippen molar-refractivity contribution in [1.29, 1.82) is 0 Å². The lowest BCUT2D eigenvalue weighted by Crippen LogP contribution is -2.22. The molecule has 134 valence electrons. The maximum Gasteiger partial charge on any atom is 0.433 e. The highest BCUT2D eigenvalue weighted by molar-refractivity contribution is 7.99. The standard InChI is InChI=1S/C16H13ClF4N2OS/c1-8(2)7-25-13-4-9(11(18)5-10(13)17)15-12(24)6-14(16(19,20)21)23(3)22-15/h4-6H,1,7H2,2-3H3. The van der Waals surface area contributed by atoms with E-state index in [9.17, 15) is 22.4 Å². The molecule has 1 aromatic heterocycles. The highest BCUT2D eigenvalue weighted by Crippen LogP contribution is 2.34. The molecule has 9 heteroatoms. The molecule has 0 saturated heterocycles. The van der Waals surface area contributed by atoms with Gasteiger partial charge >= 0.3 is 6.18 Å². The van der Waals surface area contributed by atoms with Gasteiger partial charge in [0.05, 0.1) is 5.02 Å². The Hall–Kier alpha value is -1.80. The molecule has 1 heterocycles. The first kappa shape index (κ1) is 19.5. The Morgan fingerprint density at radius 1 is 1.36 bits per heavy atom. The second-order valence-electron chi connectivity index (χ2n) is 5.37. The summed E-state index contributed by atoms with van der Waals surface area (Å²) < 4.78 is 53.2. The predicted molar refractivity (Wildman–Crippen MR) is 90.4 cm³/mol. The van der Waals surface area contributed by atoms with Crippen LogP contribution in [-0.2, 0) is 13.2 Å². The third-order valence-corrected chi connectivity index (χ3v) is 4.85. The van der Waals surface area contributed by atoms with E-state index >= 15 is 0 Å². The lowest BCUT2D eigenvalue weighted by molar-refractivity contribution is -0.144. The van der Waals surface area contributed by atoms with Crippen molar-refractivity contribution in [2.45, 2.75) is 18.0 Å². The number of hydrogen-bond acceptors (Lipinski definition) is 3. The normalized spacial score (nSPS) is 11.6. The van der Waals surface area contributed by atoms with Gasteiger partial charge in [0.15, 0.2) is 0 Å². The fraction of sp³-hybridized carbons (Fsp3) is 0.250. The average molecular weight is 393 g/mol. The van der Waals surface area contributed by atoms with Crippen LogP contribution < -0.4 is 5.43 Å². The zero-order chi connectivity index (χ0) is 18.9. The summed E-state index contributed by atoms with van der Waals surface area (Å²) in [4.78, 5) is 12.5. The molecule has 2 aromatic rings. The van der Waals surface area contributed by atoms with Crippen molar-refractivity contribution < 1.29 is 17.6 Å². The van der Waals surface area contributed by atoms with Gasteiger partial charge in [-0.2, -0.15) is 18.3 Å². The number of halogens is 5. The first-order chi connectivity index (χ1) is 11.5. The lowest BCUT2D eigenvalue weighted by Gasteiger charge is -2.13. The Morgan fingerprint density at radius 2 is 2.00 bits per heavy atom. The van der Waals surface area contributed by atoms with Crippen molar-refractivity contribution >= 4 is 23.4 Å². The summed E-state index contributed by atoms with van der Waals surface area (Å²) in [6.45, 7) is 5.55. The monoisotopic (exact) mass is 392 g/mol. The first-order valence-corrected chi connectivity index (χ1v) is 8.29. The van der Waals surface area contributed by atoms with Gasteiger partial charge in [-0.25, -0.2) is 4.39 Å². The summed E-state index contributed by atoms with van der Waals surface area (Å²) in [5, 5.41) is 3.75. The average Bonchev–Trinajstić information content (AvgIpc) is 2.47. The molecule has 1 aromatic carbocycles. The summed E-state index contributed by atoms with van der Waals surface area (Å²) >= 11 is 7.26. The molecule has 0 atom stereocenters. The Kier molecular flexibility index (Phi) is 5.63. The van der Waals surface area contributed by atoms with Crippen LogP contribution in [0.15, 0.2) is 40.0 Å². The van der Waals surface area contributed by atoms with Crippen LogP contribution in [0.4, 0.5) is 17.6 Å². The molecule has 2 rings (SSSR count). The largest absolute Gasteiger partial charge is 0.433 e. The molecule has 0 spiro atoms. The minimum Gasteiger partial charge on any atom is -0.287 e. The van der Waals surface area contributed by atoms with Crippen LogP contribution in [-0.4, -0.2) is 15.5 Å². The van der Waals surface area contributed by atoms with E-state index in [4.69, 9.17) is 11.6 Å². The number of aromatic nitrogens is 2. The summed E-state index contributed by atoms with van der Waals surface area (Å²) in [6, 6.07) is 2.72. The van der Waals surface area contributed by atoms with Crippen molar-refractivity contribution in [1.82, 2.24) is 9.78 Å². The number of benzene rings is 1. The number of alkyl halides is 3. The number of thioether (sulfide) groups is 1.